The highest BCUT2D eigenvalue weighted by Gasteiger charge is 2.12. The zero-order valence-electron chi connectivity index (χ0n) is 15.4. The summed E-state index contributed by atoms with van der Waals surface area (Å²) < 4.78 is 7.42. The number of hydrogen-bond acceptors (Lipinski definition) is 3. The van der Waals surface area contributed by atoms with E-state index >= 15 is 0 Å². The lowest BCUT2D eigenvalue weighted by molar-refractivity contribution is -0.118. The van der Waals surface area contributed by atoms with Crippen LogP contribution in [-0.4, -0.2) is 22.3 Å². The topological polar surface area (TPSA) is 56.1 Å². The molecule has 2 aromatic carbocycles. The Hall–Kier alpha value is -2.79. The van der Waals surface area contributed by atoms with Gasteiger partial charge in [0.1, 0.15) is 11.6 Å². The lowest BCUT2D eigenvalue weighted by Gasteiger charge is -2.14. The highest BCUT2D eigenvalue weighted by Crippen LogP contribution is 2.25. The van der Waals surface area contributed by atoms with Gasteiger partial charge in [-0.2, -0.15) is 5.10 Å². The van der Waals surface area contributed by atoms with Gasteiger partial charge in [0.25, 0.3) is 5.91 Å². The van der Waals surface area contributed by atoms with Crippen LogP contribution in [0.1, 0.15) is 30.9 Å². The molecule has 0 radical (unpaired) electrons. The van der Waals surface area contributed by atoms with Gasteiger partial charge < -0.3 is 10.1 Å². The predicted molar refractivity (Wildman–Crippen MR) is 107 cm³/mol. The van der Waals surface area contributed by atoms with E-state index in [9.17, 15) is 4.79 Å². The summed E-state index contributed by atoms with van der Waals surface area (Å²) in [5.41, 5.74) is 2.01. The van der Waals surface area contributed by atoms with Gasteiger partial charge in [-0.25, -0.2) is 4.68 Å². The average molecular weight is 384 g/mol. The number of amides is 1. The second-order valence-electron chi connectivity index (χ2n) is 6.49. The number of aromatic nitrogens is 2. The Morgan fingerprint density at radius 3 is 2.67 bits per heavy atom. The van der Waals surface area contributed by atoms with Crippen LogP contribution in [0.3, 0.4) is 0 Å². The lowest BCUT2D eigenvalue weighted by atomic mass is 10.0. The standard InChI is InChI=1S/C21H22ClN3O2/c1-15(2)17-8-4-6-10-19(17)27-14-21(26)24-20-11-12-23-25(20)13-16-7-3-5-9-18(16)22/h3-12,15H,13-14H2,1-2H3,(H,24,26). The molecular formula is C21H22ClN3O2. The minimum absolute atomic E-state index is 0.0684. The summed E-state index contributed by atoms with van der Waals surface area (Å²) in [6.45, 7) is 4.59. The van der Waals surface area contributed by atoms with Crippen LogP contribution in [0, 0.1) is 0 Å². The van der Waals surface area contributed by atoms with E-state index in [1.54, 1.807) is 16.9 Å². The molecule has 0 unspecified atom stereocenters. The third-order valence-electron chi connectivity index (χ3n) is 4.16. The van der Waals surface area contributed by atoms with Gasteiger partial charge >= 0.3 is 0 Å². The van der Waals surface area contributed by atoms with Crippen LogP contribution in [0.2, 0.25) is 5.02 Å². The molecule has 27 heavy (non-hydrogen) atoms. The lowest BCUT2D eigenvalue weighted by Crippen LogP contribution is -2.22. The summed E-state index contributed by atoms with van der Waals surface area (Å²) in [5, 5.41) is 7.77. The van der Waals surface area contributed by atoms with Crippen molar-refractivity contribution in [2.75, 3.05) is 11.9 Å². The van der Waals surface area contributed by atoms with Crippen molar-refractivity contribution in [2.45, 2.75) is 26.3 Å². The summed E-state index contributed by atoms with van der Waals surface area (Å²) in [5.74, 6) is 1.41. The number of nitrogens with one attached hydrogen (secondary N) is 1. The van der Waals surface area contributed by atoms with Crippen LogP contribution in [0.4, 0.5) is 5.82 Å². The largest absolute Gasteiger partial charge is 0.483 e. The summed E-state index contributed by atoms with van der Waals surface area (Å²) >= 11 is 6.21. The number of halogens is 1. The van der Waals surface area contributed by atoms with Gasteiger partial charge in [0.15, 0.2) is 6.61 Å². The Balaban J connectivity index is 1.63. The van der Waals surface area contributed by atoms with Crippen LogP contribution in [0.25, 0.3) is 0 Å². The quantitative estimate of drug-likeness (QED) is 0.641. The highest BCUT2D eigenvalue weighted by molar-refractivity contribution is 6.31. The first kappa shape index (κ1) is 19.0. The van der Waals surface area contributed by atoms with Crippen molar-refractivity contribution in [3.63, 3.8) is 0 Å². The monoisotopic (exact) mass is 383 g/mol. The smallest absolute Gasteiger partial charge is 0.263 e. The molecule has 1 heterocycles. The first-order chi connectivity index (χ1) is 13.0. The maximum atomic E-state index is 12.3. The van der Waals surface area contributed by atoms with E-state index in [1.807, 2.05) is 48.5 Å². The molecule has 0 saturated carbocycles. The van der Waals surface area contributed by atoms with E-state index in [0.29, 0.717) is 23.3 Å². The molecular weight excluding hydrogens is 362 g/mol. The Morgan fingerprint density at radius 1 is 1.15 bits per heavy atom. The molecule has 0 bridgehead atoms. The van der Waals surface area contributed by atoms with Gasteiger partial charge in [-0.15, -0.1) is 0 Å². The summed E-state index contributed by atoms with van der Waals surface area (Å²) in [6.07, 6.45) is 1.64. The number of hydrogen-bond donors (Lipinski definition) is 1. The Kier molecular flexibility index (Phi) is 6.14. The van der Waals surface area contributed by atoms with Gasteiger partial charge in [0.05, 0.1) is 12.7 Å². The average Bonchev–Trinajstić information content (AvgIpc) is 3.08. The first-order valence-corrected chi connectivity index (χ1v) is 9.19. The van der Waals surface area contributed by atoms with Crippen molar-refractivity contribution >= 4 is 23.3 Å². The van der Waals surface area contributed by atoms with Crippen LogP contribution in [-0.2, 0) is 11.3 Å². The molecule has 3 rings (SSSR count). The number of nitrogens with zero attached hydrogens (tertiary/aromatic N) is 2. The van der Waals surface area contributed by atoms with Crippen LogP contribution in [0.5, 0.6) is 5.75 Å². The molecule has 0 aliphatic rings. The second kappa shape index (κ2) is 8.73. The molecule has 0 atom stereocenters. The Labute approximate surface area is 163 Å². The van der Waals surface area contributed by atoms with Crippen molar-refractivity contribution in [2.24, 2.45) is 0 Å². The van der Waals surface area contributed by atoms with Crippen molar-refractivity contribution in [1.82, 2.24) is 9.78 Å². The number of carbonyl (C=O) groups excluding carboxylic acids is 1. The van der Waals surface area contributed by atoms with Gasteiger partial charge in [-0.1, -0.05) is 61.8 Å². The second-order valence-corrected chi connectivity index (χ2v) is 6.90. The van der Waals surface area contributed by atoms with E-state index in [0.717, 1.165) is 16.9 Å². The van der Waals surface area contributed by atoms with Gasteiger partial charge in [0.2, 0.25) is 0 Å². The molecule has 5 nitrogen and oxygen atoms in total. The number of anilines is 1. The minimum Gasteiger partial charge on any atom is -0.483 e. The number of ether oxygens (including phenoxy) is 1. The van der Waals surface area contributed by atoms with Gasteiger partial charge in [0, 0.05) is 11.1 Å². The number of para-hydroxylation sites is 1. The molecule has 0 fully saturated rings. The van der Waals surface area contributed by atoms with Gasteiger partial charge in [-0.05, 0) is 29.2 Å². The Morgan fingerprint density at radius 2 is 1.89 bits per heavy atom. The summed E-state index contributed by atoms with van der Waals surface area (Å²) in [6, 6.07) is 17.1. The highest BCUT2D eigenvalue weighted by atomic mass is 35.5. The van der Waals surface area contributed by atoms with Crippen molar-refractivity contribution in [3.8, 4) is 5.75 Å². The third kappa shape index (κ3) is 4.89. The predicted octanol–water partition coefficient (Wildman–Crippen LogP) is 4.73. The number of rotatable bonds is 7. The molecule has 140 valence electrons. The molecule has 6 heteroatoms. The fourth-order valence-electron chi connectivity index (χ4n) is 2.76. The van der Waals surface area contributed by atoms with Crippen molar-refractivity contribution < 1.29 is 9.53 Å². The van der Waals surface area contributed by atoms with E-state index in [4.69, 9.17) is 16.3 Å². The molecule has 1 amide bonds. The molecule has 0 aliphatic heterocycles. The van der Waals surface area contributed by atoms with E-state index in [1.165, 1.54) is 0 Å². The fourth-order valence-corrected chi connectivity index (χ4v) is 2.96. The molecule has 0 saturated heterocycles. The van der Waals surface area contributed by atoms with Gasteiger partial charge in [-0.3, -0.25) is 4.79 Å². The van der Waals surface area contributed by atoms with E-state index in [2.05, 4.69) is 24.3 Å². The zero-order valence-corrected chi connectivity index (χ0v) is 16.1. The maximum Gasteiger partial charge on any atom is 0.263 e. The normalized spacial score (nSPS) is 10.8. The summed E-state index contributed by atoms with van der Waals surface area (Å²) in [4.78, 5) is 12.3. The minimum atomic E-state index is -0.241. The third-order valence-corrected chi connectivity index (χ3v) is 4.53. The fraction of sp³-hybridized carbons (Fsp3) is 0.238. The molecule has 1 N–H and O–H groups in total. The molecule has 0 aliphatic carbocycles. The van der Waals surface area contributed by atoms with E-state index < -0.39 is 0 Å². The zero-order chi connectivity index (χ0) is 19.2. The maximum absolute atomic E-state index is 12.3. The molecule has 1 aromatic heterocycles. The number of benzene rings is 2. The van der Waals surface area contributed by atoms with Crippen LogP contribution >= 0.6 is 11.6 Å². The van der Waals surface area contributed by atoms with E-state index in [-0.39, 0.29) is 12.5 Å². The Bertz CT molecular complexity index is 921. The van der Waals surface area contributed by atoms with Crippen LogP contribution < -0.4 is 10.1 Å². The van der Waals surface area contributed by atoms with Crippen LogP contribution in [0.15, 0.2) is 60.8 Å². The van der Waals surface area contributed by atoms with Crippen molar-refractivity contribution in [3.05, 3.63) is 76.9 Å². The first-order valence-electron chi connectivity index (χ1n) is 8.81. The summed E-state index contributed by atoms with van der Waals surface area (Å²) in [7, 11) is 0. The SMILES string of the molecule is CC(C)c1ccccc1OCC(=O)Nc1ccnn1Cc1ccccc1Cl. The molecule has 0 spiro atoms. The molecule has 3 aromatic rings. The number of carbonyl (C=O) groups is 1. The van der Waals surface area contributed by atoms with Crippen molar-refractivity contribution in [1.29, 1.82) is 0 Å².